The van der Waals surface area contributed by atoms with Gasteiger partial charge in [0.25, 0.3) is 5.91 Å². The molecule has 8 nitrogen and oxygen atoms in total. The van der Waals surface area contributed by atoms with Crippen LogP contribution < -0.4 is 15.4 Å². The summed E-state index contributed by atoms with van der Waals surface area (Å²) >= 11 is 3.14. The Morgan fingerprint density at radius 3 is 2.94 bits per heavy atom. The summed E-state index contributed by atoms with van der Waals surface area (Å²) in [5, 5.41) is 8.61. The van der Waals surface area contributed by atoms with E-state index in [1.807, 2.05) is 30.5 Å². The first-order valence-electron chi connectivity index (χ1n) is 10.1. The molecule has 4 amide bonds. The lowest BCUT2D eigenvalue weighted by Gasteiger charge is -2.33. The maximum absolute atomic E-state index is 13.2. The number of aryl methyl sites for hydroxylation is 1. The highest BCUT2D eigenvalue weighted by Gasteiger charge is 2.55. The Kier molecular flexibility index (Phi) is 5.18. The van der Waals surface area contributed by atoms with Crippen molar-refractivity contribution in [2.45, 2.75) is 25.4 Å². The molecule has 1 fully saturated rings. The summed E-state index contributed by atoms with van der Waals surface area (Å²) in [6.45, 7) is 2.25. The van der Waals surface area contributed by atoms with Gasteiger partial charge in [0.15, 0.2) is 5.54 Å². The zero-order chi connectivity index (χ0) is 22.3. The van der Waals surface area contributed by atoms with Crippen molar-refractivity contribution >= 4 is 40.5 Å². The fourth-order valence-corrected chi connectivity index (χ4v) is 5.58. The number of carbonyl (C=O) groups excluding carboxylic acids is 3. The highest BCUT2D eigenvalue weighted by Crippen LogP contribution is 2.40. The van der Waals surface area contributed by atoms with Gasteiger partial charge in [-0.3, -0.25) is 14.5 Å². The summed E-state index contributed by atoms with van der Waals surface area (Å²) in [4.78, 5) is 45.8. The Bertz CT molecular complexity index is 1220. The third kappa shape index (κ3) is 3.55. The van der Waals surface area contributed by atoms with Gasteiger partial charge in [-0.25, -0.2) is 9.78 Å². The number of ether oxygens (including phenoxy) is 1. The van der Waals surface area contributed by atoms with Crippen LogP contribution in [0.2, 0.25) is 0 Å². The number of amides is 4. The quantitative estimate of drug-likeness (QED) is 0.561. The molecule has 1 spiro atoms. The van der Waals surface area contributed by atoms with Crippen molar-refractivity contribution < 1.29 is 19.1 Å². The number of thiazole rings is 1. The number of benzene rings is 1. The molecular formula is C22H20N4O4S2. The van der Waals surface area contributed by atoms with Gasteiger partial charge in [0.05, 0.1) is 28.7 Å². The minimum absolute atomic E-state index is 0.308. The monoisotopic (exact) mass is 468 g/mol. The van der Waals surface area contributed by atoms with E-state index in [4.69, 9.17) is 4.74 Å². The lowest BCUT2D eigenvalue weighted by atomic mass is 9.84. The van der Waals surface area contributed by atoms with E-state index >= 15 is 0 Å². The first kappa shape index (κ1) is 20.7. The lowest BCUT2D eigenvalue weighted by molar-refractivity contribution is -0.136. The number of para-hydroxylation sites is 1. The van der Waals surface area contributed by atoms with Crippen LogP contribution in [-0.4, -0.2) is 40.9 Å². The number of urea groups is 1. The molecule has 3 aromatic rings. The highest BCUT2D eigenvalue weighted by atomic mass is 32.1. The molecule has 0 aliphatic carbocycles. The van der Waals surface area contributed by atoms with Crippen LogP contribution in [0.1, 0.15) is 21.9 Å². The van der Waals surface area contributed by atoms with E-state index in [9.17, 15) is 14.4 Å². The van der Waals surface area contributed by atoms with Crippen LogP contribution in [0.15, 0.2) is 41.8 Å². The highest BCUT2D eigenvalue weighted by molar-refractivity contribution is 7.16. The van der Waals surface area contributed by atoms with E-state index in [1.54, 1.807) is 40.9 Å². The maximum Gasteiger partial charge on any atom is 0.325 e. The molecule has 2 N–H and O–H groups in total. The number of hydrogen-bond donors (Lipinski definition) is 2. The fraction of sp³-hybridized carbons (Fsp3) is 0.273. The third-order valence-electron chi connectivity index (χ3n) is 5.55. The second-order valence-corrected chi connectivity index (χ2v) is 9.85. The second-order valence-electron chi connectivity index (χ2n) is 7.62. The first-order valence-corrected chi connectivity index (χ1v) is 11.8. The first-order chi connectivity index (χ1) is 15.5. The Hall–Kier alpha value is -3.24. The predicted molar refractivity (Wildman–Crippen MR) is 120 cm³/mol. The van der Waals surface area contributed by atoms with Crippen molar-refractivity contribution in [1.29, 1.82) is 0 Å². The molecule has 2 aliphatic heterocycles. The predicted octanol–water partition coefficient (Wildman–Crippen LogP) is 3.03. The normalized spacial score (nSPS) is 19.6. The molecule has 10 heteroatoms. The summed E-state index contributed by atoms with van der Waals surface area (Å²) in [7, 11) is 0. The zero-order valence-corrected chi connectivity index (χ0v) is 18.8. The van der Waals surface area contributed by atoms with Gasteiger partial charge < -0.3 is 15.4 Å². The van der Waals surface area contributed by atoms with E-state index < -0.39 is 23.4 Å². The Balaban J connectivity index is 1.24. The molecule has 0 radical (unpaired) electrons. The van der Waals surface area contributed by atoms with Gasteiger partial charge in [-0.2, -0.15) is 0 Å². The lowest BCUT2D eigenvalue weighted by Crippen LogP contribution is -2.48. The van der Waals surface area contributed by atoms with Gasteiger partial charge in [-0.1, -0.05) is 18.2 Å². The molecule has 0 unspecified atom stereocenters. The Morgan fingerprint density at radius 1 is 1.28 bits per heavy atom. The van der Waals surface area contributed by atoms with Crippen LogP contribution >= 0.6 is 22.7 Å². The molecule has 32 heavy (non-hydrogen) atoms. The van der Waals surface area contributed by atoms with Gasteiger partial charge in [-0.15, -0.1) is 22.7 Å². The SMILES string of the molecule is Cc1nc(-c2ccc(CNC(=O)CN3C(=O)N[C@]4(CCOc5ccccc54)C3=O)s2)cs1. The molecule has 5 rings (SSSR count). The average molecular weight is 469 g/mol. The number of hydrogen-bond acceptors (Lipinski definition) is 7. The zero-order valence-electron chi connectivity index (χ0n) is 17.2. The maximum atomic E-state index is 13.2. The van der Waals surface area contributed by atoms with E-state index in [1.165, 1.54) is 0 Å². The van der Waals surface area contributed by atoms with E-state index in [2.05, 4.69) is 15.6 Å². The van der Waals surface area contributed by atoms with Crippen LogP contribution in [0.3, 0.4) is 0 Å². The fourth-order valence-electron chi connectivity index (χ4n) is 3.99. The van der Waals surface area contributed by atoms with Gasteiger partial charge >= 0.3 is 6.03 Å². The van der Waals surface area contributed by atoms with Gasteiger partial charge in [0.2, 0.25) is 5.91 Å². The minimum atomic E-state index is -1.18. The number of fused-ring (bicyclic) bond motifs is 2. The number of carbonyl (C=O) groups is 3. The molecule has 1 atom stereocenters. The van der Waals surface area contributed by atoms with Gasteiger partial charge in [-0.05, 0) is 25.1 Å². The number of aromatic nitrogens is 1. The van der Waals surface area contributed by atoms with Gasteiger partial charge in [0, 0.05) is 22.2 Å². The van der Waals surface area contributed by atoms with Crippen molar-refractivity contribution in [3.63, 3.8) is 0 Å². The Labute approximate surface area is 192 Å². The smallest absolute Gasteiger partial charge is 0.325 e. The second kappa shape index (κ2) is 8.03. The van der Waals surface area contributed by atoms with Crippen LogP contribution in [0.4, 0.5) is 4.79 Å². The largest absolute Gasteiger partial charge is 0.493 e. The number of nitrogens with one attached hydrogen (secondary N) is 2. The minimum Gasteiger partial charge on any atom is -0.493 e. The molecule has 1 saturated heterocycles. The molecule has 0 saturated carbocycles. The summed E-state index contributed by atoms with van der Waals surface area (Å²) in [5.41, 5.74) is 0.368. The third-order valence-corrected chi connectivity index (χ3v) is 7.43. The molecule has 0 bridgehead atoms. The number of imide groups is 1. The summed E-state index contributed by atoms with van der Waals surface area (Å²) in [6.07, 6.45) is 0.320. The van der Waals surface area contributed by atoms with Gasteiger partial charge in [0.1, 0.15) is 12.3 Å². The van der Waals surface area contributed by atoms with E-state index in [0.717, 1.165) is 25.4 Å². The topological polar surface area (TPSA) is 101 Å². The Morgan fingerprint density at radius 2 is 2.12 bits per heavy atom. The molecule has 4 heterocycles. The standard InChI is InChI=1S/C22H20N4O4S2/c1-13-24-16(12-31-13)18-7-6-14(32-18)10-23-19(27)11-26-20(28)22(25-21(26)29)8-9-30-17-5-3-2-4-15(17)22/h2-7,12H,8-11H2,1H3,(H,23,27)(H,25,29)/t22-/m0/s1. The summed E-state index contributed by atoms with van der Waals surface area (Å²) in [6, 6.07) is 10.5. The van der Waals surface area contributed by atoms with Crippen molar-refractivity contribution in [2.75, 3.05) is 13.2 Å². The summed E-state index contributed by atoms with van der Waals surface area (Å²) in [5.74, 6) is -0.251. The molecule has 2 aromatic heterocycles. The number of thiophene rings is 1. The summed E-state index contributed by atoms with van der Waals surface area (Å²) < 4.78 is 5.63. The van der Waals surface area contributed by atoms with E-state index in [-0.39, 0.29) is 6.54 Å². The molecule has 164 valence electrons. The van der Waals surface area contributed by atoms with Crippen molar-refractivity contribution in [3.8, 4) is 16.3 Å². The average Bonchev–Trinajstić information content (AvgIpc) is 3.49. The van der Waals surface area contributed by atoms with Crippen molar-refractivity contribution in [3.05, 3.63) is 57.2 Å². The number of rotatable bonds is 5. The van der Waals surface area contributed by atoms with Crippen LogP contribution in [0.25, 0.3) is 10.6 Å². The van der Waals surface area contributed by atoms with Crippen LogP contribution in [0.5, 0.6) is 5.75 Å². The molecular weight excluding hydrogens is 448 g/mol. The van der Waals surface area contributed by atoms with Crippen LogP contribution in [0, 0.1) is 6.92 Å². The molecule has 2 aliphatic rings. The van der Waals surface area contributed by atoms with Crippen molar-refractivity contribution in [1.82, 2.24) is 20.5 Å². The van der Waals surface area contributed by atoms with Crippen LogP contribution in [-0.2, 0) is 21.7 Å². The number of nitrogens with zero attached hydrogens (tertiary/aromatic N) is 2. The van der Waals surface area contributed by atoms with E-state index in [0.29, 0.717) is 30.9 Å². The molecule has 1 aromatic carbocycles. The van der Waals surface area contributed by atoms with Crippen molar-refractivity contribution in [2.24, 2.45) is 0 Å².